The number of alkyl halides is 3. The molecule has 1 fully saturated rings. The molecule has 1 aliphatic heterocycles. The van der Waals surface area contributed by atoms with E-state index in [2.05, 4.69) is 10.6 Å². The van der Waals surface area contributed by atoms with Crippen molar-refractivity contribution in [3.63, 3.8) is 0 Å². The zero-order chi connectivity index (χ0) is 18.4. The zero-order valence-corrected chi connectivity index (χ0v) is 13.9. The van der Waals surface area contributed by atoms with E-state index in [1.165, 1.54) is 6.07 Å². The predicted molar refractivity (Wildman–Crippen MR) is 87.3 cm³/mol. The Hall–Kier alpha value is -2.29. The van der Waals surface area contributed by atoms with Crippen molar-refractivity contribution in [3.05, 3.63) is 29.8 Å². The van der Waals surface area contributed by atoms with Crippen LogP contribution in [0.1, 0.15) is 12.5 Å². The van der Waals surface area contributed by atoms with Crippen LogP contribution < -0.4 is 15.5 Å². The van der Waals surface area contributed by atoms with Crippen molar-refractivity contribution in [3.8, 4) is 0 Å². The Kier molecular flexibility index (Phi) is 6.24. The highest BCUT2D eigenvalue weighted by molar-refractivity contribution is 5.95. The Morgan fingerprint density at radius 1 is 1.16 bits per heavy atom. The summed E-state index contributed by atoms with van der Waals surface area (Å²) in [6.07, 6.45) is -4.37. The molecule has 0 bridgehead atoms. The molecule has 0 aliphatic carbocycles. The number of carbonyl (C=O) groups is 2. The average molecular weight is 358 g/mol. The zero-order valence-electron chi connectivity index (χ0n) is 13.9. The first kappa shape index (κ1) is 19.0. The van der Waals surface area contributed by atoms with E-state index in [0.717, 1.165) is 12.1 Å². The van der Waals surface area contributed by atoms with Crippen LogP contribution in [0.3, 0.4) is 0 Å². The van der Waals surface area contributed by atoms with Crippen LogP contribution in [0.4, 0.5) is 23.7 Å². The third-order valence-electron chi connectivity index (χ3n) is 3.87. The minimum absolute atomic E-state index is 0.0769. The van der Waals surface area contributed by atoms with Gasteiger partial charge in [0.1, 0.15) is 0 Å². The molecule has 0 saturated carbocycles. The first-order valence-corrected chi connectivity index (χ1v) is 8.02. The first-order valence-electron chi connectivity index (χ1n) is 8.02. The second-order valence-corrected chi connectivity index (χ2v) is 5.72. The van der Waals surface area contributed by atoms with E-state index < -0.39 is 23.7 Å². The molecule has 0 radical (unpaired) electrons. The average Bonchev–Trinajstić information content (AvgIpc) is 2.55. The summed E-state index contributed by atoms with van der Waals surface area (Å²) >= 11 is 0. The van der Waals surface area contributed by atoms with Gasteiger partial charge in [-0.1, -0.05) is 6.07 Å². The molecule has 0 atom stereocenters. The summed E-state index contributed by atoms with van der Waals surface area (Å²) in [7, 11) is 0. The van der Waals surface area contributed by atoms with Gasteiger partial charge in [-0.05, 0) is 25.1 Å². The van der Waals surface area contributed by atoms with Gasteiger partial charge in [0.2, 0.25) is 5.91 Å². The van der Waals surface area contributed by atoms with Crippen LogP contribution >= 0.6 is 0 Å². The molecule has 2 N–H and O–H groups in total. The summed E-state index contributed by atoms with van der Waals surface area (Å²) in [6.45, 7) is 4.32. The highest BCUT2D eigenvalue weighted by atomic mass is 19.4. The van der Waals surface area contributed by atoms with Crippen LogP contribution in [0.2, 0.25) is 0 Å². The maximum absolute atomic E-state index is 12.8. The SMILES string of the molecule is CCNC(=O)NC(=O)CN1CCN(c2cccc(C(F)(F)F)c2)CC1. The van der Waals surface area contributed by atoms with Gasteiger partial charge < -0.3 is 10.2 Å². The molecule has 9 heteroatoms. The van der Waals surface area contributed by atoms with E-state index in [1.54, 1.807) is 13.0 Å². The van der Waals surface area contributed by atoms with Gasteiger partial charge in [0.25, 0.3) is 0 Å². The highest BCUT2D eigenvalue weighted by Gasteiger charge is 2.31. The van der Waals surface area contributed by atoms with Crippen molar-refractivity contribution in [1.82, 2.24) is 15.5 Å². The van der Waals surface area contributed by atoms with E-state index in [1.807, 2.05) is 9.80 Å². The lowest BCUT2D eigenvalue weighted by Gasteiger charge is -2.35. The van der Waals surface area contributed by atoms with Gasteiger partial charge >= 0.3 is 12.2 Å². The Morgan fingerprint density at radius 2 is 1.84 bits per heavy atom. The number of halogens is 3. The lowest BCUT2D eigenvalue weighted by molar-refractivity contribution is -0.137. The molecule has 1 aliphatic rings. The topological polar surface area (TPSA) is 64.7 Å². The number of benzene rings is 1. The number of amides is 3. The van der Waals surface area contributed by atoms with Crippen LogP contribution in [0.15, 0.2) is 24.3 Å². The fourth-order valence-electron chi connectivity index (χ4n) is 2.62. The molecule has 1 heterocycles. The summed E-state index contributed by atoms with van der Waals surface area (Å²) in [6, 6.07) is 4.69. The van der Waals surface area contributed by atoms with Crippen LogP contribution in [-0.4, -0.2) is 56.1 Å². The lowest BCUT2D eigenvalue weighted by Crippen LogP contribution is -2.51. The number of piperazine rings is 1. The standard InChI is InChI=1S/C16H21F3N4O2/c1-2-20-15(25)21-14(24)11-22-6-8-23(9-7-22)13-5-3-4-12(10-13)16(17,18)19/h3-5,10H,2,6-9,11H2,1H3,(H2,20,21,24,25). The van der Waals surface area contributed by atoms with Gasteiger partial charge in [0.15, 0.2) is 0 Å². The normalized spacial score (nSPS) is 15.8. The van der Waals surface area contributed by atoms with Gasteiger partial charge in [-0.3, -0.25) is 15.0 Å². The Morgan fingerprint density at radius 3 is 2.44 bits per heavy atom. The maximum Gasteiger partial charge on any atom is 0.416 e. The minimum atomic E-state index is -4.37. The molecule has 3 amide bonds. The second kappa shape index (κ2) is 8.19. The summed E-state index contributed by atoms with van der Waals surface area (Å²) in [4.78, 5) is 26.7. The summed E-state index contributed by atoms with van der Waals surface area (Å²) in [5, 5.41) is 4.70. The summed E-state index contributed by atoms with van der Waals surface area (Å²) < 4.78 is 38.4. The summed E-state index contributed by atoms with van der Waals surface area (Å²) in [5.74, 6) is -0.404. The number of urea groups is 1. The van der Waals surface area contributed by atoms with Crippen LogP contribution in [0.5, 0.6) is 0 Å². The van der Waals surface area contributed by atoms with E-state index in [0.29, 0.717) is 38.4 Å². The largest absolute Gasteiger partial charge is 0.416 e. The third-order valence-corrected chi connectivity index (χ3v) is 3.87. The number of carbonyl (C=O) groups excluding carboxylic acids is 2. The molecule has 25 heavy (non-hydrogen) atoms. The number of rotatable bonds is 4. The number of anilines is 1. The number of nitrogens with zero attached hydrogens (tertiary/aromatic N) is 2. The van der Waals surface area contributed by atoms with E-state index in [4.69, 9.17) is 0 Å². The fourth-order valence-corrected chi connectivity index (χ4v) is 2.62. The van der Waals surface area contributed by atoms with Crippen molar-refractivity contribution < 1.29 is 22.8 Å². The summed E-state index contributed by atoms with van der Waals surface area (Å²) in [5.41, 5.74) is -0.157. The van der Waals surface area contributed by atoms with Crippen LogP contribution in [0.25, 0.3) is 0 Å². The molecule has 0 aromatic heterocycles. The van der Waals surface area contributed by atoms with Gasteiger partial charge in [-0.25, -0.2) is 4.79 Å². The van der Waals surface area contributed by atoms with Crippen molar-refractivity contribution >= 4 is 17.6 Å². The monoisotopic (exact) mass is 358 g/mol. The maximum atomic E-state index is 12.8. The van der Waals surface area contributed by atoms with Crippen LogP contribution in [0, 0.1) is 0 Å². The lowest BCUT2D eigenvalue weighted by atomic mass is 10.1. The quantitative estimate of drug-likeness (QED) is 0.860. The van der Waals surface area contributed by atoms with Crippen molar-refractivity contribution in [2.75, 3.05) is 44.2 Å². The molecule has 0 unspecified atom stereocenters. The molecular weight excluding hydrogens is 337 g/mol. The van der Waals surface area contributed by atoms with Gasteiger partial charge in [-0.15, -0.1) is 0 Å². The van der Waals surface area contributed by atoms with Gasteiger partial charge in [-0.2, -0.15) is 13.2 Å². The molecule has 1 aromatic carbocycles. The Labute approximate surface area is 144 Å². The molecule has 1 saturated heterocycles. The number of hydrogen-bond donors (Lipinski definition) is 2. The van der Waals surface area contributed by atoms with Crippen molar-refractivity contribution in [2.45, 2.75) is 13.1 Å². The smallest absolute Gasteiger partial charge is 0.369 e. The van der Waals surface area contributed by atoms with E-state index in [9.17, 15) is 22.8 Å². The van der Waals surface area contributed by atoms with Gasteiger partial charge in [0.05, 0.1) is 12.1 Å². The highest BCUT2D eigenvalue weighted by Crippen LogP contribution is 2.31. The fraction of sp³-hybridized carbons (Fsp3) is 0.500. The van der Waals surface area contributed by atoms with Gasteiger partial charge in [0, 0.05) is 38.4 Å². The minimum Gasteiger partial charge on any atom is -0.369 e. The molecule has 0 spiro atoms. The predicted octanol–water partition coefficient (Wildman–Crippen LogP) is 1.67. The van der Waals surface area contributed by atoms with E-state index in [-0.39, 0.29) is 6.54 Å². The molecular formula is C16H21F3N4O2. The van der Waals surface area contributed by atoms with Crippen molar-refractivity contribution in [1.29, 1.82) is 0 Å². The van der Waals surface area contributed by atoms with E-state index >= 15 is 0 Å². The molecule has 2 rings (SSSR count). The molecule has 1 aromatic rings. The number of imide groups is 1. The third kappa shape index (κ3) is 5.63. The van der Waals surface area contributed by atoms with Crippen molar-refractivity contribution in [2.24, 2.45) is 0 Å². The Balaban J connectivity index is 1.85. The first-order chi connectivity index (χ1) is 11.8. The van der Waals surface area contributed by atoms with Crippen LogP contribution in [-0.2, 0) is 11.0 Å². The molecule has 6 nitrogen and oxygen atoms in total. The second-order valence-electron chi connectivity index (χ2n) is 5.72. The number of nitrogens with one attached hydrogen (secondary N) is 2. The number of hydrogen-bond acceptors (Lipinski definition) is 4. The Bertz CT molecular complexity index is 614. The molecule has 138 valence electrons.